The molecule has 0 bridgehead atoms. The van der Waals surface area contributed by atoms with Gasteiger partial charge in [-0.05, 0) is 39.8 Å². The number of ether oxygens (including phenoxy) is 1. The van der Waals surface area contributed by atoms with Crippen LogP contribution in [0.1, 0.15) is 32.5 Å². The van der Waals surface area contributed by atoms with Crippen LogP contribution in [0.3, 0.4) is 0 Å². The summed E-state index contributed by atoms with van der Waals surface area (Å²) in [7, 11) is 1.55. The molecule has 4 aromatic rings. The summed E-state index contributed by atoms with van der Waals surface area (Å²) >= 11 is 0. The number of nitrogens with zero attached hydrogens (tertiary/aromatic N) is 5. The first-order chi connectivity index (χ1) is 14.3. The number of fused-ring (bicyclic) bond motifs is 3. The largest absolute Gasteiger partial charge is 0.492 e. The Balaban J connectivity index is 2.12. The predicted octanol–water partition coefficient (Wildman–Crippen LogP) is 2.00. The highest BCUT2D eigenvalue weighted by Gasteiger charge is 2.24. The highest BCUT2D eigenvalue weighted by Crippen LogP contribution is 2.28. The minimum absolute atomic E-state index is 0.246. The smallest absolute Gasteiger partial charge is 0.333 e. The van der Waals surface area contributed by atoms with E-state index >= 15 is 0 Å². The Kier molecular flexibility index (Phi) is 4.60. The van der Waals surface area contributed by atoms with Crippen LogP contribution in [-0.4, -0.2) is 35.5 Å². The van der Waals surface area contributed by atoms with E-state index in [2.05, 4.69) is 4.98 Å². The molecular weight excluding hydrogens is 386 g/mol. The normalized spacial score (nSPS) is 12.6. The first-order valence-electron chi connectivity index (χ1n) is 9.72. The molecular formula is C21H23N5O4. The van der Waals surface area contributed by atoms with Crippen molar-refractivity contribution in [2.45, 2.75) is 33.7 Å². The first-order valence-corrected chi connectivity index (χ1v) is 9.72. The van der Waals surface area contributed by atoms with Gasteiger partial charge in [-0.2, -0.15) is 4.98 Å². The number of Topliss-reactive ketones (excluding diaryl/α,β-unsaturated/α-hetero) is 1. The minimum atomic E-state index is -0.868. The van der Waals surface area contributed by atoms with Gasteiger partial charge in [0.25, 0.3) is 5.56 Å². The summed E-state index contributed by atoms with van der Waals surface area (Å²) < 4.78 is 11.6. The fourth-order valence-electron chi connectivity index (χ4n) is 3.72. The quantitative estimate of drug-likeness (QED) is 0.503. The fraction of sp³-hybridized carbons (Fsp3) is 0.333. The van der Waals surface area contributed by atoms with Crippen molar-refractivity contribution in [2.75, 3.05) is 6.61 Å². The average Bonchev–Trinajstić information content (AvgIpc) is 3.21. The third-order valence-corrected chi connectivity index (χ3v) is 5.36. The molecule has 4 rings (SSSR count). The average molecular weight is 409 g/mol. The molecule has 0 spiro atoms. The standard InChI is InChI=1S/C21H23N5O4/c1-6-30-16-10-8-7-9-15(16)25-12(2)11-24-17-18(22-20(24)25)23(5)21(29)26(19(17)28)13(3)14(4)27/h7-11,13H,6H2,1-5H3. The lowest BCUT2D eigenvalue weighted by molar-refractivity contribution is -0.119. The molecule has 9 nitrogen and oxygen atoms in total. The number of hydrogen-bond acceptors (Lipinski definition) is 5. The molecule has 0 aliphatic heterocycles. The molecule has 1 aromatic carbocycles. The van der Waals surface area contributed by atoms with Gasteiger partial charge in [-0.1, -0.05) is 12.1 Å². The molecule has 0 N–H and O–H groups in total. The van der Waals surface area contributed by atoms with Gasteiger partial charge in [0.1, 0.15) is 5.75 Å². The number of aromatic nitrogens is 5. The molecule has 1 unspecified atom stereocenters. The van der Waals surface area contributed by atoms with Crippen molar-refractivity contribution < 1.29 is 9.53 Å². The summed E-state index contributed by atoms with van der Waals surface area (Å²) in [5.41, 5.74) is 1.01. The third-order valence-electron chi connectivity index (χ3n) is 5.36. The van der Waals surface area contributed by atoms with Crippen LogP contribution in [0.4, 0.5) is 0 Å². The Morgan fingerprint density at radius 2 is 1.93 bits per heavy atom. The molecule has 0 amide bonds. The molecule has 1 atom stereocenters. The Bertz CT molecular complexity index is 1420. The number of imidazole rings is 2. The molecule has 9 heteroatoms. The number of aryl methyl sites for hydroxylation is 2. The van der Waals surface area contributed by atoms with Gasteiger partial charge in [0, 0.05) is 18.9 Å². The maximum atomic E-state index is 13.3. The molecule has 0 aliphatic carbocycles. The van der Waals surface area contributed by atoms with E-state index in [1.54, 1.807) is 24.6 Å². The number of ketones is 1. The number of para-hydroxylation sites is 2. The second-order valence-electron chi connectivity index (χ2n) is 7.26. The topological polar surface area (TPSA) is 92.5 Å². The molecule has 156 valence electrons. The fourth-order valence-corrected chi connectivity index (χ4v) is 3.72. The van der Waals surface area contributed by atoms with Crippen LogP contribution in [-0.2, 0) is 11.8 Å². The van der Waals surface area contributed by atoms with Crippen LogP contribution in [0.5, 0.6) is 5.75 Å². The SMILES string of the molecule is CCOc1ccccc1-n1c(C)cn2c3c(=O)n(C(C)C(C)=O)c(=O)n(C)c3nc12. The van der Waals surface area contributed by atoms with E-state index in [1.165, 1.54) is 11.5 Å². The lowest BCUT2D eigenvalue weighted by atomic mass is 10.2. The molecule has 0 radical (unpaired) electrons. The summed E-state index contributed by atoms with van der Waals surface area (Å²) in [6, 6.07) is 6.69. The Morgan fingerprint density at radius 1 is 1.23 bits per heavy atom. The number of hydrogen-bond donors (Lipinski definition) is 0. The van der Waals surface area contributed by atoms with Crippen LogP contribution >= 0.6 is 0 Å². The van der Waals surface area contributed by atoms with Crippen molar-refractivity contribution in [1.82, 2.24) is 23.1 Å². The molecule has 0 saturated carbocycles. The zero-order chi connectivity index (χ0) is 21.7. The van der Waals surface area contributed by atoms with E-state index in [4.69, 9.17) is 4.74 Å². The van der Waals surface area contributed by atoms with Crippen molar-refractivity contribution in [3.05, 3.63) is 57.0 Å². The van der Waals surface area contributed by atoms with Gasteiger partial charge in [-0.15, -0.1) is 0 Å². The Hall–Kier alpha value is -3.62. The van der Waals surface area contributed by atoms with Crippen molar-refractivity contribution in [1.29, 1.82) is 0 Å². The van der Waals surface area contributed by atoms with E-state index in [-0.39, 0.29) is 16.9 Å². The molecule has 0 fully saturated rings. The van der Waals surface area contributed by atoms with Crippen molar-refractivity contribution in [3.63, 3.8) is 0 Å². The van der Waals surface area contributed by atoms with E-state index in [0.717, 1.165) is 15.9 Å². The van der Waals surface area contributed by atoms with Crippen molar-refractivity contribution in [2.24, 2.45) is 7.05 Å². The number of carbonyl (C=O) groups is 1. The van der Waals surface area contributed by atoms with Crippen LogP contribution < -0.4 is 16.0 Å². The molecule has 0 aliphatic rings. The number of rotatable bonds is 5. The first kappa shape index (κ1) is 19.7. The van der Waals surface area contributed by atoms with Crippen molar-refractivity contribution >= 4 is 22.7 Å². The van der Waals surface area contributed by atoms with Crippen molar-refractivity contribution in [3.8, 4) is 11.4 Å². The lowest BCUT2D eigenvalue weighted by Gasteiger charge is -2.12. The molecule has 3 heterocycles. The monoisotopic (exact) mass is 409 g/mol. The Labute approximate surface area is 171 Å². The zero-order valence-corrected chi connectivity index (χ0v) is 17.5. The van der Waals surface area contributed by atoms with Gasteiger partial charge in [-0.3, -0.25) is 23.1 Å². The Morgan fingerprint density at radius 3 is 2.60 bits per heavy atom. The van der Waals surface area contributed by atoms with Crippen LogP contribution in [0.2, 0.25) is 0 Å². The lowest BCUT2D eigenvalue weighted by Crippen LogP contribution is -2.42. The summed E-state index contributed by atoms with van der Waals surface area (Å²) in [6.07, 6.45) is 1.79. The van der Waals surface area contributed by atoms with Crippen LogP contribution in [0.25, 0.3) is 22.6 Å². The van der Waals surface area contributed by atoms with Gasteiger partial charge < -0.3 is 4.74 Å². The number of carbonyl (C=O) groups excluding carboxylic acids is 1. The summed E-state index contributed by atoms with van der Waals surface area (Å²) in [5.74, 6) is 0.897. The highest BCUT2D eigenvalue weighted by atomic mass is 16.5. The van der Waals surface area contributed by atoms with Gasteiger partial charge in [0.05, 0.1) is 18.3 Å². The van der Waals surface area contributed by atoms with E-state index in [0.29, 0.717) is 18.1 Å². The third kappa shape index (κ3) is 2.69. The molecule has 30 heavy (non-hydrogen) atoms. The van der Waals surface area contributed by atoms with E-state index < -0.39 is 17.3 Å². The second-order valence-corrected chi connectivity index (χ2v) is 7.26. The summed E-state index contributed by atoms with van der Waals surface area (Å²) in [5, 5.41) is 0. The summed E-state index contributed by atoms with van der Waals surface area (Å²) in [4.78, 5) is 42.6. The molecule has 0 saturated heterocycles. The van der Waals surface area contributed by atoms with Gasteiger partial charge in [0.15, 0.2) is 16.9 Å². The maximum Gasteiger partial charge on any atom is 0.333 e. The van der Waals surface area contributed by atoms with E-state index in [1.807, 2.05) is 42.7 Å². The van der Waals surface area contributed by atoms with Gasteiger partial charge in [-0.25, -0.2) is 9.36 Å². The summed E-state index contributed by atoms with van der Waals surface area (Å²) in [6.45, 7) is 7.23. The molecule has 3 aromatic heterocycles. The predicted molar refractivity (Wildman–Crippen MR) is 113 cm³/mol. The zero-order valence-electron chi connectivity index (χ0n) is 17.5. The second kappa shape index (κ2) is 7.01. The minimum Gasteiger partial charge on any atom is -0.492 e. The van der Waals surface area contributed by atoms with E-state index in [9.17, 15) is 14.4 Å². The maximum absolute atomic E-state index is 13.3. The number of benzene rings is 1. The van der Waals surface area contributed by atoms with Crippen LogP contribution in [0, 0.1) is 6.92 Å². The van der Waals surface area contributed by atoms with Gasteiger partial charge in [0.2, 0.25) is 5.78 Å². The highest BCUT2D eigenvalue weighted by molar-refractivity contribution is 5.81. The van der Waals surface area contributed by atoms with Gasteiger partial charge >= 0.3 is 5.69 Å². The van der Waals surface area contributed by atoms with Crippen LogP contribution in [0.15, 0.2) is 40.1 Å².